The minimum absolute atomic E-state index is 0.00420. The maximum absolute atomic E-state index is 8.72. The summed E-state index contributed by atoms with van der Waals surface area (Å²) >= 11 is 0. The normalized spacial score (nSPS) is 9.94. The summed E-state index contributed by atoms with van der Waals surface area (Å²) in [6.45, 7) is 3.30. The first-order valence-corrected chi connectivity index (χ1v) is 5.47. The molecule has 0 saturated heterocycles. The number of benzene rings is 1. The molecule has 0 aliphatic heterocycles. The highest BCUT2D eigenvalue weighted by molar-refractivity contribution is 5.54. The molecule has 1 aromatic rings. The molecule has 0 bridgehead atoms. The van der Waals surface area contributed by atoms with Crippen LogP contribution in [0.25, 0.3) is 0 Å². The molecule has 4 nitrogen and oxygen atoms in total. The lowest BCUT2D eigenvalue weighted by Gasteiger charge is -2.12. The van der Waals surface area contributed by atoms with Crippen LogP contribution in [0.2, 0.25) is 0 Å². The Bertz CT molecular complexity index is 315. The maximum Gasteiger partial charge on any atom is 0.163 e. The first-order chi connectivity index (χ1) is 7.81. The van der Waals surface area contributed by atoms with Crippen LogP contribution in [0.4, 0.5) is 5.69 Å². The van der Waals surface area contributed by atoms with Gasteiger partial charge in [0.2, 0.25) is 0 Å². The van der Waals surface area contributed by atoms with Gasteiger partial charge in [0.1, 0.15) is 6.61 Å². The Labute approximate surface area is 96.2 Å². The molecule has 0 atom stereocenters. The van der Waals surface area contributed by atoms with Gasteiger partial charge in [0, 0.05) is 18.3 Å². The van der Waals surface area contributed by atoms with E-state index >= 15 is 0 Å². The lowest BCUT2D eigenvalue weighted by atomic mass is 10.2. The highest BCUT2D eigenvalue weighted by Crippen LogP contribution is 2.30. The van der Waals surface area contributed by atoms with Gasteiger partial charge in [-0.1, -0.05) is 6.92 Å². The molecule has 1 rings (SSSR count). The van der Waals surface area contributed by atoms with Gasteiger partial charge in [-0.2, -0.15) is 0 Å². The summed E-state index contributed by atoms with van der Waals surface area (Å²) in [7, 11) is 1.60. The number of methoxy groups -OCH3 is 1. The molecule has 0 spiro atoms. The summed E-state index contributed by atoms with van der Waals surface area (Å²) in [5.41, 5.74) is 0.996. The summed E-state index contributed by atoms with van der Waals surface area (Å²) in [4.78, 5) is 0. The topological polar surface area (TPSA) is 50.7 Å². The number of aliphatic hydroxyl groups is 1. The number of nitrogens with one attached hydrogen (secondary N) is 1. The summed E-state index contributed by atoms with van der Waals surface area (Å²) in [5, 5.41) is 12.0. The highest BCUT2D eigenvalue weighted by atomic mass is 16.5. The standard InChI is InChI=1S/C12H19NO3/c1-3-6-13-10-4-5-11(15-2)12(9-10)16-8-7-14/h4-5,9,13-14H,3,6-8H2,1-2H3. The smallest absolute Gasteiger partial charge is 0.163 e. The van der Waals surface area contributed by atoms with Crippen LogP contribution in [0.15, 0.2) is 18.2 Å². The molecule has 1 aromatic carbocycles. The molecule has 0 aliphatic rings. The van der Waals surface area contributed by atoms with Gasteiger partial charge in [-0.3, -0.25) is 0 Å². The summed E-state index contributed by atoms with van der Waals surface area (Å²) in [6.07, 6.45) is 1.07. The first-order valence-electron chi connectivity index (χ1n) is 5.47. The molecule has 4 heteroatoms. The Morgan fingerprint density at radius 2 is 2.12 bits per heavy atom. The monoisotopic (exact) mass is 225 g/mol. The number of hydrogen-bond donors (Lipinski definition) is 2. The molecule has 0 aromatic heterocycles. The molecule has 0 unspecified atom stereocenters. The van der Waals surface area contributed by atoms with Crippen LogP contribution in [-0.4, -0.2) is 32.0 Å². The van der Waals surface area contributed by atoms with E-state index in [0.29, 0.717) is 11.5 Å². The third kappa shape index (κ3) is 3.62. The maximum atomic E-state index is 8.72. The average Bonchev–Trinajstić information content (AvgIpc) is 2.33. The van der Waals surface area contributed by atoms with Crippen LogP contribution in [0, 0.1) is 0 Å². The molecule has 0 amide bonds. The van der Waals surface area contributed by atoms with Crippen molar-refractivity contribution in [1.29, 1.82) is 0 Å². The lowest BCUT2D eigenvalue weighted by Crippen LogP contribution is -2.04. The molecule has 0 fully saturated rings. The zero-order valence-corrected chi connectivity index (χ0v) is 9.82. The van der Waals surface area contributed by atoms with Gasteiger partial charge in [-0.05, 0) is 18.6 Å². The van der Waals surface area contributed by atoms with Crippen LogP contribution in [0.5, 0.6) is 11.5 Å². The van der Waals surface area contributed by atoms with Crippen LogP contribution in [0.1, 0.15) is 13.3 Å². The van der Waals surface area contributed by atoms with E-state index in [1.807, 2.05) is 18.2 Å². The van der Waals surface area contributed by atoms with Gasteiger partial charge in [-0.15, -0.1) is 0 Å². The zero-order valence-electron chi connectivity index (χ0n) is 9.82. The molecule has 0 heterocycles. The second-order valence-corrected chi connectivity index (χ2v) is 3.36. The van der Waals surface area contributed by atoms with Crippen molar-refractivity contribution in [2.75, 3.05) is 32.2 Å². The second kappa shape index (κ2) is 6.95. The van der Waals surface area contributed by atoms with E-state index < -0.39 is 0 Å². The second-order valence-electron chi connectivity index (χ2n) is 3.36. The van der Waals surface area contributed by atoms with E-state index in [-0.39, 0.29) is 13.2 Å². The summed E-state index contributed by atoms with van der Waals surface area (Å²) in [5.74, 6) is 1.33. The Balaban J connectivity index is 2.74. The van der Waals surface area contributed by atoms with Gasteiger partial charge >= 0.3 is 0 Å². The number of hydrogen-bond acceptors (Lipinski definition) is 4. The fourth-order valence-corrected chi connectivity index (χ4v) is 1.32. The van der Waals surface area contributed by atoms with Crippen molar-refractivity contribution in [2.45, 2.75) is 13.3 Å². The fourth-order valence-electron chi connectivity index (χ4n) is 1.32. The Morgan fingerprint density at radius 1 is 1.31 bits per heavy atom. The number of rotatable bonds is 7. The lowest BCUT2D eigenvalue weighted by molar-refractivity contribution is 0.196. The van der Waals surface area contributed by atoms with Crippen molar-refractivity contribution in [1.82, 2.24) is 0 Å². The third-order valence-electron chi connectivity index (χ3n) is 2.09. The molecule has 2 N–H and O–H groups in total. The largest absolute Gasteiger partial charge is 0.493 e. The van der Waals surface area contributed by atoms with E-state index in [1.54, 1.807) is 7.11 Å². The minimum atomic E-state index is -0.00420. The van der Waals surface area contributed by atoms with E-state index in [4.69, 9.17) is 14.6 Å². The predicted molar refractivity (Wildman–Crippen MR) is 64.4 cm³/mol. The summed E-state index contributed by atoms with van der Waals surface area (Å²) in [6, 6.07) is 5.68. The Hall–Kier alpha value is -1.42. The first kappa shape index (κ1) is 12.6. The van der Waals surface area contributed by atoms with Gasteiger partial charge < -0.3 is 19.9 Å². The molecule has 0 saturated carbocycles. The van der Waals surface area contributed by atoms with Crippen molar-refractivity contribution in [3.05, 3.63) is 18.2 Å². The highest BCUT2D eigenvalue weighted by Gasteiger charge is 2.05. The van der Waals surface area contributed by atoms with E-state index in [9.17, 15) is 0 Å². The number of anilines is 1. The molecule has 90 valence electrons. The number of aliphatic hydroxyl groups excluding tert-OH is 1. The number of ether oxygens (including phenoxy) is 2. The van der Waals surface area contributed by atoms with Crippen molar-refractivity contribution in [3.8, 4) is 11.5 Å². The van der Waals surface area contributed by atoms with Crippen LogP contribution >= 0.6 is 0 Å². The quantitative estimate of drug-likeness (QED) is 0.744. The average molecular weight is 225 g/mol. The third-order valence-corrected chi connectivity index (χ3v) is 2.09. The van der Waals surface area contributed by atoms with Crippen molar-refractivity contribution < 1.29 is 14.6 Å². The van der Waals surface area contributed by atoms with Gasteiger partial charge in [-0.25, -0.2) is 0 Å². The minimum Gasteiger partial charge on any atom is -0.493 e. The Kier molecular flexibility index (Phi) is 5.50. The van der Waals surface area contributed by atoms with Crippen LogP contribution in [0.3, 0.4) is 0 Å². The van der Waals surface area contributed by atoms with Crippen molar-refractivity contribution in [3.63, 3.8) is 0 Å². The van der Waals surface area contributed by atoms with E-state index in [0.717, 1.165) is 18.7 Å². The van der Waals surface area contributed by atoms with E-state index in [2.05, 4.69) is 12.2 Å². The molecular weight excluding hydrogens is 206 g/mol. The molecule has 0 radical (unpaired) electrons. The molecule has 0 aliphatic carbocycles. The predicted octanol–water partition coefficient (Wildman–Crippen LogP) is 1.89. The fraction of sp³-hybridized carbons (Fsp3) is 0.500. The van der Waals surface area contributed by atoms with Crippen molar-refractivity contribution in [2.24, 2.45) is 0 Å². The molecular formula is C12H19NO3. The summed E-state index contributed by atoms with van der Waals surface area (Å²) < 4.78 is 10.6. The van der Waals surface area contributed by atoms with Gasteiger partial charge in [0.25, 0.3) is 0 Å². The zero-order chi connectivity index (χ0) is 11.8. The van der Waals surface area contributed by atoms with Gasteiger partial charge in [0.15, 0.2) is 11.5 Å². The van der Waals surface area contributed by atoms with Crippen molar-refractivity contribution >= 4 is 5.69 Å². The van der Waals surface area contributed by atoms with Gasteiger partial charge in [0.05, 0.1) is 13.7 Å². The van der Waals surface area contributed by atoms with Crippen LogP contribution in [-0.2, 0) is 0 Å². The SMILES string of the molecule is CCCNc1ccc(OC)c(OCCO)c1. The Morgan fingerprint density at radius 3 is 2.75 bits per heavy atom. The molecule has 16 heavy (non-hydrogen) atoms. The van der Waals surface area contributed by atoms with E-state index in [1.165, 1.54) is 0 Å². The van der Waals surface area contributed by atoms with Crippen LogP contribution < -0.4 is 14.8 Å².